The van der Waals surface area contributed by atoms with Gasteiger partial charge < -0.3 is 174 Å². The van der Waals surface area contributed by atoms with E-state index in [4.69, 9.17) is 66.3 Å². The zero-order chi connectivity index (χ0) is 58.9. The molecule has 21 N–H and O–H groups in total. The first-order chi connectivity index (χ1) is 38.7. The molecule has 35 heteroatoms. The van der Waals surface area contributed by atoms with E-state index in [-0.39, 0.29) is 25.9 Å². The Morgan fingerprint density at radius 1 is 0.222 bits per heavy atom. The normalized spacial score (nSPS) is 53.8. The fourth-order valence-electron chi connectivity index (χ4n) is 11.3. The van der Waals surface area contributed by atoms with Crippen LogP contribution in [0.3, 0.4) is 0 Å². The van der Waals surface area contributed by atoms with Crippen LogP contribution in [0, 0.1) is 5.92 Å². The van der Waals surface area contributed by atoms with Crippen LogP contribution in [-0.2, 0) is 66.3 Å². The molecule has 35 nitrogen and oxygen atoms in total. The predicted octanol–water partition coefficient (Wildman–Crippen LogP) is -13.8. The predicted molar refractivity (Wildman–Crippen MR) is 247 cm³/mol. The van der Waals surface area contributed by atoms with Crippen LogP contribution < -0.4 is 0 Å². The van der Waals surface area contributed by atoms with Crippen LogP contribution in [0.15, 0.2) is 0 Å². The van der Waals surface area contributed by atoms with Crippen molar-refractivity contribution in [2.24, 2.45) is 5.92 Å². The van der Waals surface area contributed by atoms with Gasteiger partial charge in [0.05, 0.1) is 58.5 Å². The zero-order valence-electron chi connectivity index (χ0n) is 43.1. The molecule has 0 aromatic carbocycles. The lowest BCUT2D eigenvalue weighted by atomic mass is 9.85. The molecule has 35 unspecified atom stereocenters. The summed E-state index contributed by atoms with van der Waals surface area (Å²) in [4.78, 5) is 0. The summed E-state index contributed by atoms with van der Waals surface area (Å²) in [6, 6.07) is 0. The van der Waals surface area contributed by atoms with Gasteiger partial charge in [0, 0.05) is 12.5 Å². The molecule has 24 heterocycles. The Labute approximate surface area is 459 Å². The fourth-order valence-corrected chi connectivity index (χ4v) is 11.3. The molecule has 81 heavy (non-hydrogen) atoms. The van der Waals surface area contributed by atoms with Crippen LogP contribution in [0.2, 0.25) is 0 Å². The topological polar surface area (TPSA) is 554 Å². The fraction of sp³-hybridized carbons (Fsp3) is 1.00. The van der Waals surface area contributed by atoms with Gasteiger partial charge in [-0.25, -0.2) is 0 Å². The van der Waals surface area contributed by atoms with Crippen molar-refractivity contribution in [3.8, 4) is 0 Å². The third-order valence-electron chi connectivity index (χ3n) is 15.9. The lowest BCUT2D eigenvalue weighted by molar-refractivity contribution is -0.398. The third kappa shape index (κ3) is 13.5. The summed E-state index contributed by atoms with van der Waals surface area (Å²) in [5.41, 5.74) is 0. The van der Waals surface area contributed by atoms with Gasteiger partial charge in [-0.3, -0.25) is 0 Å². The van der Waals surface area contributed by atoms with E-state index in [1.807, 2.05) is 0 Å². The van der Waals surface area contributed by atoms with E-state index in [1.54, 1.807) is 0 Å². The molecule has 0 radical (unpaired) electrons. The van der Waals surface area contributed by atoms with Gasteiger partial charge in [0.2, 0.25) is 0 Å². The van der Waals surface area contributed by atoms with Gasteiger partial charge in [0.25, 0.3) is 0 Å². The number of hydrogen-bond donors (Lipinski definition) is 21. The first-order valence-corrected chi connectivity index (χ1v) is 26.6. The van der Waals surface area contributed by atoms with E-state index in [9.17, 15) is 107 Å². The van der Waals surface area contributed by atoms with Crippen molar-refractivity contribution < 1.29 is 174 Å². The van der Waals surface area contributed by atoms with E-state index >= 15 is 0 Å². The van der Waals surface area contributed by atoms with Gasteiger partial charge in [-0.2, -0.15) is 0 Å². The highest BCUT2D eigenvalue weighted by molar-refractivity contribution is 5.01. The van der Waals surface area contributed by atoms with Gasteiger partial charge in [-0.1, -0.05) is 6.42 Å². The Balaban J connectivity index is 1.02. The van der Waals surface area contributed by atoms with Crippen LogP contribution in [-0.4, -0.2) is 369 Å². The van der Waals surface area contributed by atoms with E-state index in [0.29, 0.717) is 0 Å². The highest BCUT2D eigenvalue weighted by atomic mass is 16.8. The monoisotopic (exact) mass is 1190 g/mol. The Morgan fingerprint density at radius 3 is 0.679 bits per heavy atom. The number of fused-ring (bicyclic) bond motifs is 1. The first kappa shape index (κ1) is 65.6. The molecule has 24 rings (SSSR count). The average Bonchev–Trinajstić information content (AvgIpc) is 3.50. The summed E-state index contributed by atoms with van der Waals surface area (Å²) in [5, 5.41) is 230. The van der Waals surface area contributed by atoms with E-state index < -0.39 is 261 Å². The Hall–Kier alpha value is -1.40. The molecule has 0 amide bonds. The minimum absolute atomic E-state index is 0.0551. The maximum Gasteiger partial charge on any atom is 0.187 e. The second-order valence-corrected chi connectivity index (χ2v) is 21.1. The Morgan fingerprint density at radius 2 is 0.432 bits per heavy atom. The van der Waals surface area contributed by atoms with Crippen LogP contribution in [0.1, 0.15) is 19.3 Å². The molecule has 24 aliphatic rings. The van der Waals surface area contributed by atoms with Crippen molar-refractivity contribution in [1.82, 2.24) is 0 Å². The summed E-state index contributed by atoms with van der Waals surface area (Å²) >= 11 is 0. The van der Waals surface area contributed by atoms with Gasteiger partial charge >= 0.3 is 0 Å². The molecule has 24 saturated heterocycles. The van der Waals surface area contributed by atoms with Crippen LogP contribution in [0.5, 0.6) is 0 Å². The number of hydrogen-bond acceptors (Lipinski definition) is 35. The summed E-state index contributed by atoms with van der Waals surface area (Å²) in [6.07, 6.45) is -64.1. The number of aliphatic hydroxyl groups is 21. The van der Waals surface area contributed by atoms with E-state index in [0.717, 1.165) is 0 Å². The quantitative estimate of drug-likeness (QED) is 0.113. The van der Waals surface area contributed by atoms with Crippen molar-refractivity contribution in [3.63, 3.8) is 0 Å². The zero-order valence-corrected chi connectivity index (χ0v) is 43.1. The molecule has 0 aromatic heterocycles. The van der Waals surface area contributed by atoms with E-state index in [2.05, 4.69) is 0 Å². The molecule has 0 spiro atoms. The molecule has 472 valence electrons. The molecule has 0 aromatic rings. The van der Waals surface area contributed by atoms with Crippen LogP contribution in [0.4, 0.5) is 0 Å². The minimum atomic E-state index is -2.21. The standard InChI is InChI=1S/C46H78O35/c47-5-13-12-3-1-2-4-68-40-28(62)21(55)34(14(6-48)70-40)77-42-30(64)23(57)36(16(8-50)72-42)79-44-32(66)25(59)38(18(10-52)74-44)81-46-33(67)26(60)39(19(11-53)75-46)80-45-31(65)24(58)37(17(9-51)73-45)78-43-29(63)22(56)35(15(7-49)71-43)76-41(69-13)27(61)20(12)54/h12-67H,1-11H2. The lowest BCUT2D eigenvalue weighted by Crippen LogP contribution is -2.68. The van der Waals surface area contributed by atoms with Crippen molar-refractivity contribution in [2.45, 2.75) is 228 Å². The number of aliphatic hydroxyl groups excluding tert-OH is 21. The molecule has 0 aliphatic carbocycles. The summed E-state index contributed by atoms with van der Waals surface area (Å²) in [7, 11) is 0. The first-order valence-electron chi connectivity index (χ1n) is 26.6. The molecular formula is C46H78O35. The van der Waals surface area contributed by atoms with Gasteiger partial charge in [0.1, 0.15) is 153 Å². The Kier molecular flexibility index (Phi) is 23.2. The van der Waals surface area contributed by atoms with Crippen LogP contribution in [0.25, 0.3) is 0 Å². The number of ether oxygens (including phenoxy) is 14. The van der Waals surface area contributed by atoms with Crippen molar-refractivity contribution in [3.05, 3.63) is 0 Å². The average molecular weight is 1190 g/mol. The maximum absolute atomic E-state index is 11.4. The smallest absolute Gasteiger partial charge is 0.187 e. The van der Waals surface area contributed by atoms with Gasteiger partial charge in [-0.15, -0.1) is 0 Å². The van der Waals surface area contributed by atoms with E-state index in [1.165, 1.54) is 0 Å². The van der Waals surface area contributed by atoms with Crippen molar-refractivity contribution in [2.75, 3.05) is 52.9 Å². The van der Waals surface area contributed by atoms with Crippen molar-refractivity contribution >= 4 is 0 Å². The molecule has 35 atom stereocenters. The molecule has 24 aliphatic heterocycles. The van der Waals surface area contributed by atoms with Crippen LogP contribution >= 0.6 is 0 Å². The van der Waals surface area contributed by atoms with Crippen molar-refractivity contribution in [1.29, 1.82) is 0 Å². The lowest BCUT2D eigenvalue weighted by Gasteiger charge is -2.50. The largest absolute Gasteiger partial charge is 0.394 e. The van der Waals surface area contributed by atoms with Gasteiger partial charge in [-0.05, 0) is 12.8 Å². The third-order valence-corrected chi connectivity index (χ3v) is 15.9. The highest BCUT2D eigenvalue weighted by Crippen LogP contribution is 2.39. The molecule has 0 saturated carbocycles. The Bertz CT molecular complexity index is 1890. The second-order valence-electron chi connectivity index (χ2n) is 21.1. The molecule has 24 fully saturated rings. The summed E-state index contributed by atoms with van der Waals surface area (Å²) in [6.45, 7) is -6.89. The highest BCUT2D eigenvalue weighted by Gasteiger charge is 2.58. The summed E-state index contributed by atoms with van der Waals surface area (Å²) < 4.78 is 80.0. The SMILES string of the molecule is OCC1OC2OC3C(CO)OC(OC4C(CO)OC(OC5C(CO)OC(OC6C(CO)OC(OC7C(CO)OC(OC8C(CO)OC(OCCCCC1C(O)C2O)C(O)C8O)C(O)C7O)C(O)C6O)C(O)C5O)C(O)C4O)C(O)C3O. The maximum atomic E-state index is 11.4. The molecular weight excluding hydrogens is 1110 g/mol. The number of rotatable bonds is 7. The molecule has 14 bridgehead atoms. The second kappa shape index (κ2) is 28.6. The minimum Gasteiger partial charge on any atom is -0.394 e. The van der Waals surface area contributed by atoms with Gasteiger partial charge in [0.15, 0.2) is 44.0 Å². The summed E-state index contributed by atoms with van der Waals surface area (Å²) in [5.74, 6) is -0.973.